The van der Waals surface area contributed by atoms with Gasteiger partial charge in [0, 0.05) is 30.9 Å². The zero-order chi connectivity index (χ0) is 21.0. The van der Waals surface area contributed by atoms with Gasteiger partial charge >= 0.3 is 0 Å². The molecule has 2 aromatic heterocycles. The maximum atomic E-state index is 14.6. The number of pyridine rings is 1. The van der Waals surface area contributed by atoms with Gasteiger partial charge in [0.15, 0.2) is 5.82 Å². The van der Waals surface area contributed by atoms with Crippen molar-refractivity contribution in [2.24, 2.45) is 0 Å². The first-order chi connectivity index (χ1) is 14.4. The second kappa shape index (κ2) is 7.34. The van der Waals surface area contributed by atoms with Gasteiger partial charge in [-0.2, -0.15) is 0 Å². The molecule has 2 aliphatic rings. The second-order valence-electron chi connectivity index (χ2n) is 8.48. The van der Waals surface area contributed by atoms with Crippen molar-refractivity contribution in [1.29, 1.82) is 0 Å². The molecule has 1 fully saturated rings. The average Bonchev–Trinajstić information content (AvgIpc) is 3.20. The van der Waals surface area contributed by atoms with E-state index in [1.54, 1.807) is 16.8 Å². The fraction of sp³-hybridized carbons (Fsp3) is 0.435. The number of benzene rings is 1. The third-order valence-electron chi connectivity index (χ3n) is 6.43. The van der Waals surface area contributed by atoms with E-state index in [0.29, 0.717) is 17.5 Å². The number of aromatic nitrogens is 2. The molecule has 1 aliphatic carbocycles. The van der Waals surface area contributed by atoms with Crippen LogP contribution in [0.4, 0.5) is 4.39 Å². The molecule has 7 heteroatoms. The SMILES string of the molecule is Cc1cc2c(c(OC3CC(n4cc(F)c5c(C)ccnc54)[C@H](O)[C@@H]3O)c1)CNCC2. The molecule has 3 aromatic rings. The van der Waals surface area contributed by atoms with Crippen molar-refractivity contribution in [2.75, 3.05) is 6.54 Å². The van der Waals surface area contributed by atoms with Crippen LogP contribution in [0.3, 0.4) is 0 Å². The van der Waals surface area contributed by atoms with E-state index >= 15 is 0 Å². The summed E-state index contributed by atoms with van der Waals surface area (Å²) in [6.45, 7) is 5.51. The maximum Gasteiger partial charge on any atom is 0.150 e. The Morgan fingerprint density at radius 2 is 2.07 bits per heavy atom. The average molecular weight is 411 g/mol. The molecule has 1 saturated carbocycles. The molecule has 0 spiro atoms. The van der Waals surface area contributed by atoms with Gasteiger partial charge in [-0.05, 0) is 55.6 Å². The number of ether oxygens (including phenoxy) is 1. The zero-order valence-electron chi connectivity index (χ0n) is 17.1. The number of aliphatic hydroxyl groups excluding tert-OH is 2. The Kier molecular flexibility index (Phi) is 4.76. The standard InChI is InChI=1S/C23H26FN3O3/c1-12-7-14-4-5-25-10-15(14)18(8-12)30-19-9-17(21(28)22(19)29)27-11-16(24)20-13(2)3-6-26-23(20)27/h3,6-8,11,17,19,21-22,25,28-29H,4-5,9-10H2,1-2H3/t17?,19?,21-,22+/m0/s1. The number of aryl methyl sites for hydroxylation is 2. The number of halogens is 1. The lowest BCUT2D eigenvalue weighted by atomic mass is 9.97. The van der Waals surface area contributed by atoms with E-state index in [1.165, 1.54) is 11.8 Å². The van der Waals surface area contributed by atoms with Crippen molar-refractivity contribution in [2.45, 2.75) is 57.6 Å². The van der Waals surface area contributed by atoms with E-state index < -0.39 is 24.4 Å². The highest BCUT2D eigenvalue weighted by Crippen LogP contribution is 2.38. The van der Waals surface area contributed by atoms with Crippen molar-refractivity contribution in [1.82, 2.24) is 14.9 Å². The minimum absolute atomic E-state index is 0.358. The highest BCUT2D eigenvalue weighted by Gasteiger charge is 2.45. The van der Waals surface area contributed by atoms with Gasteiger partial charge in [0.1, 0.15) is 29.7 Å². The minimum atomic E-state index is -1.08. The number of fused-ring (bicyclic) bond motifs is 2. The molecular formula is C23H26FN3O3. The highest BCUT2D eigenvalue weighted by molar-refractivity contribution is 5.80. The van der Waals surface area contributed by atoms with Crippen LogP contribution < -0.4 is 10.1 Å². The van der Waals surface area contributed by atoms with Crippen molar-refractivity contribution in [3.05, 3.63) is 58.7 Å². The molecule has 1 aromatic carbocycles. The summed E-state index contributed by atoms with van der Waals surface area (Å²) in [4.78, 5) is 4.33. The van der Waals surface area contributed by atoms with E-state index in [4.69, 9.17) is 4.74 Å². The van der Waals surface area contributed by atoms with E-state index in [1.807, 2.05) is 19.9 Å². The third-order valence-corrected chi connectivity index (χ3v) is 6.43. The number of nitrogens with one attached hydrogen (secondary N) is 1. The molecule has 0 radical (unpaired) electrons. The van der Waals surface area contributed by atoms with Crippen molar-refractivity contribution in [3.63, 3.8) is 0 Å². The Hall–Kier alpha value is -2.48. The van der Waals surface area contributed by atoms with Crippen LogP contribution in [-0.4, -0.2) is 44.6 Å². The van der Waals surface area contributed by atoms with Gasteiger partial charge in [-0.25, -0.2) is 9.37 Å². The lowest BCUT2D eigenvalue weighted by Gasteiger charge is -2.25. The van der Waals surface area contributed by atoms with Crippen molar-refractivity contribution >= 4 is 11.0 Å². The quantitative estimate of drug-likeness (QED) is 0.617. The molecule has 2 unspecified atom stereocenters. The number of hydrogen-bond acceptors (Lipinski definition) is 5. The van der Waals surface area contributed by atoms with Crippen LogP contribution in [0.1, 0.15) is 34.7 Å². The van der Waals surface area contributed by atoms with E-state index in [2.05, 4.69) is 16.4 Å². The molecule has 3 N–H and O–H groups in total. The lowest BCUT2D eigenvalue weighted by molar-refractivity contribution is -0.0167. The Morgan fingerprint density at radius 1 is 1.23 bits per heavy atom. The largest absolute Gasteiger partial charge is 0.487 e. The molecule has 0 bridgehead atoms. The predicted molar refractivity (Wildman–Crippen MR) is 111 cm³/mol. The predicted octanol–water partition coefficient (Wildman–Crippen LogP) is 2.55. The second-order valence-corrected chi connectivity index (χ2v) is 8.48. The van der Waals surface area contributed by atoms with E-state index in [-0.39, 0.29) is 5.82 Å². The van der Waals surface area contributed by atoms with E-state index in [9.17, 15) is 14.6 Å². The van der Waals surface area contributed by atoms with Crippen LogP contribution in [-0.2, 0) is 13.0 Å². The molecule has 5 rings (SSSR count). The first-order valence-corrected chi connectivity index (χ1v) is 10.4. The van der Waals surface area contributed by atoms with Gasteiger partial charge in [-0.3, -0.25) is 0 Å². The highest BCUT2D eigenvalue weighted by atomic mass is 19.1. The summed E-state index contributed by atoms with van der Waals surface area (Å²) in [5.74, 6) is 0.368. The third kappa shape index (κ3) is 3.09. The number of nitrogens with zero attached hydrogens (tertiary/aromatic N) is 2. The molecule has 0 saturated heterocycles. The van der Waals surface area contributed by atoms with Crippen LogP contribution in [0.15, 0.2) is 30.6 Å². The number of hydrogen-bond donors (Lipinski definition) is 3. The molecule has 30 heavy (non-hydrogen) atoms. The van der Waals surface area contributed by atoms with Crippen molar-refractivity contribution in [3.8, 4) is 5.75 Å². The number of aliphatic hydroxyl groups is 2. The smallest absolute Gasteiger partial charge is 0.150 e. The first-order valence-electron chi connectivity index (χ1n) is 10.4. The fourth-order valence-electron chi connectivity index (χ4n) is 4.88. The molecule has 0 amide bonds. The maximum absolute atomic E-state index is 14.6. The topological polar surface area (TPSA) is 79.5 Å². The van der Waals surface area contributed by atoms with E-state index in [0.717, 1.165) is 42.0 Å². The van der Waals surface area contributed by atoms with Gasteiger partial charge < -0.3 is 24.8 Å². The Labute approximate surface area is 174 Å². The van der Waals surface area contributed by atoms with Crippen LogP contribution in [0.5, 0.6) is 5.75 Å². The van der Waals surface area contributed by atoms with Crippen LogP contribution in [0.2, 0.25) is 0 Å². The molecule has 4 atom stereocenters. The molecular weight excluding hydrogens is 385 g/mol. The lowest BCUT2D eigenvalue weighted by Crippen LogP contribution is -2.35. The van der Waals surface area contributed by atoms with Gasteiger partial charge in [-0.1, -0.05) is 6.07 Å². The summed E-state index contributed by atoms with van der Waals surface area (Å²) in [6, 6.07) is 5.39. The van der Waals surface area contributed by atoms with Gasteiger partial charge in [0.25, 0.3) is 0 Å². The zero-order valence-corrected chi connectivity index (χ0v) is 17.1. The monoisotopic (exact) mass is 411 g/mol. The molecule has 1 aliphatic heterocycles. The van der Waals surface area contributed by atoms with Gasteiger partial charge in [0.2, 0.25) is 0 Å². The molecule has 158 valence electrons. The summed E-state index contributed by atoms with van der Waals surface area (Å²) in [7, 11) is 0. The summed E-state index contributed by atoms with van der Waals surface area (Å²) in [5, 5.41) is 25.3. The van der Waals surface area contributed by atoms with Crippen LogP contribution >= 0.6 is 0 Å². The fourth-order valence-corrected chi connectivity index (χ4v) is 4.88. The minimum Gasteiger partial charge on any atom is -0.487 e. The summed E-state index contributed by atoms with van der Waals surface area (Å²) in [5.41, 5.74) is 4.73. The van der Waals surface area contributed by atoms with Gasteiger partial charge in [0.05, 0.1) is 11.4 Å². The Bertz CT molecular complexity index is 1110. The van der Waals surface area contributed by atoms with Crippen molar-refractivity contribution < 1.29 is 19.3 Å². The molecule has 3 heterocycles. The summed E-state index contributed by atoms with van der Waals surface area (Å²) < 4.78 is 22.5. The van der Waals surface area contributed by atoms with Gasteiger partial charge in [-0.15, -0.1) is 0 Å². The van der Waals surface area contributed by atoms with Crippen LogP contribution in [0.25, 0.3) is 11.0 Å². The summed E-state index contributed by atoms with van der Waals surface area (Å²) in [6.07, 6.45) is 1.54. The Balaban J connectivity index is 1.47. The Morgan fingerprint density at radius 3 is 2.90 bits per heavy atom. The van der Waals surface area contributed by atoms with Crippen LogP contribution in [0, 0.1) is 19.7 Å². The first kappa shape index (κ1) is 19.5. The summed E-state index contributed by atoms with van der Waals surface area (Å²) >= 11 is 0. The molecule has 6 nitrogen and oxygen atoms in total. The normalized spacial score (nSPS) is 26.2. The number of rotatable bonds is 3.